The number of nitrogens with two attached hydrogens (primary N) is 2. The van der Waals surface area contributed by atoms with Crippen molar-refractivity contribution in [1.82, 2.24) is 25.1 Å². The van der Waals surface area contributed by atoms with Gasteiger partial charge in [0.25, 0.3) is 0 Å². The molecule has 0 aliphatic carbocycles. The molecule has 2 aromatic heterocycles. The smallest absolute Gasteiger partial charge is 0.225 e. The molecule has 0 aromatic carbocycles. The average Bonchev–Trinajstić information content (AvgIpc) is 2.84. The van der Waals surface area contributed by atoms with Gasteiger partial charge in [-0.25, -0.2) is 0 Å². The minimum atomic E-state index is 0.132. The van der Waals surface area contributed by atoms with Crippen molar-refractivity contribution in [2.24, 2.45) is 0 Å². The maximum Gasteiger partial charge on any atom is 0.225 e. The standard InChI is InChI=1S/C10H16N8S2/c1-2-3-4-13-9-17-18-10(20-9)19-5-6-14-7(11)16-8(12)15-6/h2-5H2,1H3,(H,13,17)(H4,11,12,14,15,16). The van der Waals surface area contributed by atoms with Crippen LogP contribution in [0.25, 0.3) is 0 Å². The summed E-state index contributed by atoms with van der Waals surface area (Å²) >= 11 is 3.00. The van der Waals surface area contributed by atoms with Crippen molar-refractivity contribution >= 4 is 40.1 Å². The van der Waals surface area contributed by atoms with Crippen LogP contribution < -0.4 is 16.8 Å². The van der Waals surface area contributed by atoms with Crippen LogP contribution in [0.2, 0.25) is 0 Å². The fourth-order valence-corrected chi connectivity index (χ4v) is 2.99. The van der Waals surface area contributed by atoms with Gasteiger partial charge in [-0.3, -0.25) is 0 Å². The topological polar surface area (TPSA) is 129 Å². The van der Waals surface area contributed by atoms with Crippen LogP contribution in [-0.2, 0) is 5.75 Å². The maximum absolute atomic E-state index is 5.51. The number of hydrogen-bond acceptors (Lipinski definition) is 10. The Labute approximate surface area is 124 Å². The number of rotatable bonds is 7. The maximum atomic E-state index is 5.51. The van der Waals surface area contributed by atoms with Crippen LogP contribution in [0.15, 0.2) is 4.34 Å². The van der Waals surface area contributed by atoms with E-state index >= 15 is 0 Å². The lowest BCUT2D eigenvalue weighted by Gasteiger charge is -2.00. The molecule has 5 N–H and O–H groups in total. The molecule has 0 aliphatic heterocycles. The Balaban J connectivity index is 1.87. The summed E-state index contributed by atoms with van der Waals surface area (Å²) in [5.74, 6) is 1.33. The lowest BCUT2D eigenvalue weighted by molar-refractivity contribution is 0.830. The molecule has 0 unspecified atom stereocenters. The number of thioether (sulfide) groups is 1. The first-order chi connectivity index (χ1) is 9.67. The van der Waals surface area contributed by atoms with Crippen LogP contribution >= 0.6 is 23.1 Å². The summed E-state index contributed by atoms with van der Waals surface area (Å²) in [5.41, 5.74) is 11.0. The second-order valence-electron chi connectivity index (χ2n) is 3.91. The third-order valence-corrected chi connectivity index (χ3v) is 4.26. The summed E-state index contributed by atoms with van der Waals surface area (Å²) in [6.45, 7) is 3.06. The highest BCUT2D eigenvalue weighted by atomic mass is 32.2. The van der Waals surface area contributed by atoms with Gasteiger partial charge in [0.05, 0.1) is 5.75 Å². The number of hydrogen-bond donors (Lipinski definition) is 3. The van der Waals surface area contributed by atoms with E-state index in [1.54, 1.807) is 0 Å². The predicted octanol–water partition coefficient (Wildman–Crippen LogP) is 1.39. The van der Waals surface area contributed by atoms with Crippen molar-refractivity contribution in [3.8, 4) is 0 Å². The molecule has 0 fully saturated rings. The number of nitrogen functional groups attached to an aromatic ring is 2. The number of unbranched alkanes of at least 4 members (excludes halogenated alkanes) is 1. The monoisotopic (exact) mass is 312 g/mol. The van der Waals surface area contributed by atoms with E-state index in [1.165, 1.54) is 23.1 Å². The van der Waals surface area contributed by atoms with Gasteiger partial charge in [-0.15, -0.1) is 10.2 Å². The molecular formula is C10H16N8S2. The van der Waals surface area contributed by atoms with Crippen LogP contribution in [0.4, 0.5) is 17.0 Å². The van der Waals surface area contributed by atoms with Gasteiger partial charge in [-0.1, -0.05) is 36.4 Å². The zero-order valence-electron chi connectivity index (χ0n) is 11.0. The van der Waals surface area contributed by atoms with Crippen LogP contribution in [-0.4, -0.2) is 31.7 Å². The highest BCUT2D eigenvalue weighted by molar-refractivity contribution is 8.00. The molecule has 0 atom stereocenters. The molecule has 0 aliphatic rings. The minimum absolute atomic E-state index is 0.132. The van der Waals surface area contributed by atoms with Crippen LogP contribution in [0.3, 0.4) is 0 Å². The Hall–Kier alpha value is -1.68. The number of nitrogens with zero attached hydrogens (tertiary/aromatic N) is 5. The van der Waals surface area contributed by atoms with Gasteiger partial charge in [0.15, 0.2) is 4.34 Å². The molecule has 20 heavy (non-hydrogen) atoms. The normalized spacial score (nSPS) is 10.7. The summed E-state index contributed by atoms with van der Waals surface area (Å²) in [6.07, 6.45) is 2.26. The molecule has 0 saturated heterocycles. The van der Waals surface area contributed by atoms with Gasteiger partial charge in [0.1, 0.15) is 5.82 Å². The second kappa shape index (κ2) is 7.20. The highest BCUT2D eigenvalue weighted by Crippen LogP contribution is 2.27. The molecule has 0 bridgehead atoms. The number of anilines is 3. The molecule has 0 radical (unpaired) electrons. The summed E-state index contributed by atoms with van der Waals surface area (Å²) in [7, 11) is 0. The zero-order valence-corrected chi connectivity index (χ0v) is 12.7. The SMILES string of the molecule is CCCCNc1nnc(SCc2nc(N)nc(N)n2)s1. The Kier molecular flexibility index (Phi) is 5.30. The van der Waals surface area contributed by atoms with Crippen LogP contribution in [0.5, 0.6) is 0 Å². The molecule has 0 amide bonds. The molecule has 0 spiro atoms. The third kappa shape index (κ3) is 4.46. The van der Waals surface area contributed by atoms with Crippen molar-refractivity contribution < 1.29 is 0 Å². The van der Waals surface area contributed by atoms with Gasteiger partial charge in [0, 0.05) is 6.54 Å². The van der Waals surface area contributed by atoms with Crippen molar-refractivity contribution in [3.05, 3.63) is 5.82 Å². The minimum Gasteiger partial charge on any atom is -0.368 e. The predicted molar refractivity (Wildman–Crippen MR) is 81.5 cm³/mol. The molecule has 2 rings (SSSR count). The van der Waals surface area contributed by atoms with E-state index in [2.05, 4.69) is 37.4 Å². The summed E-state index contributed by atoms with van der Waals surface area (Å²) in [6, 6.07) is 0. The summed E-state index contributed by atoms with van der Waals surface area (Å²) < 4.78 is 0.849. The van der Waals surface area contributed by atoms with Gasteiger partial charge in [0.2, 0.25) is 17.0 Å². The van der Waals surface area contributed by atoms with Gasteiger partial charge in [-0.05, 0) is 6.42 Å². The molecule has 10 heteroatoms. The third-order valence-electron chi connectivity index (χ3n) is 2.25. The van der Waals surface area contributed by atoms with Crippen LogP contribution in [0, 0.1) is 0 Å². The van der Waals surface area contributed by atoms with Crippen molar-refractivity contribution in [2.75, 3.05) is 23.3 Å². The van der Waals surface area contributed by atoms with Gasteiger partial charge in [-0.2, -0.15) is 15.0 Å². The first-order valence-electron chi connectivity index (χ1n) is 6.13. The summed E-state index contributed by atoms with van der Waals surface area (Å²) in [4.78, 5) is 11.7. The van der Waals surface area contributed by atoms with E-state index in [9.17, 15) is 0 Å². The first-order valence-corrected chi connectivity index (χ1v) is 7.93. The molecule has 0 saturated carbocycles. The van der Waals surface area contributed by atoms with E-state index in [-0.39, 0.29) is 11.9 Å². The molecule has 2 aromatic rings. The largest absolute Gasteiger partial charge is 0.368 e. The van der Waals surface area contributed by atoms with E-state index < -0.39 is 0 Å². The van der Waals surface area contributed by atoms with Crippen LogP contribution in [0.1, 0.15) is 25.6 Å². The lowest BCUT2D eigenvalue weighted by atomic mass is 10.3. The summed E-state index contributed by atoms with van der Waals surface area (Å²) in [5, 5.41) is 12.2. The van der Waals surface area contributed by atoms with Crippen molar-refractivity contribution in [2.45, 2.75) is 29.9 Å². The Bertz CT molecular complexity index is 538. The fraction of sp³-hybridized carbons (Fsp3) is 0.500. The Morgan fingerprint density at radius 3 is 2.60 bits per heavy atom. The van der Waals surface area contributed by atoms with E-state index in [0.717, 1.165) is 28.9 Å². The van der Waals surface area contributed by atoms with E-state index in [0.29, 0.717) is 11.6 Å². The van der Waals surface area contributed by atoms with E-state index in [1.807, 2.05) is 0 Å². The highest BCUT2D eigenvalue weighted by Gasteiger charge is 2.07. The molecule has 108 valence electrons. The van der Waals surface area contributed by atoms with Crippen molar-refractivity contribution in [1.29, 1.82) is 0 Å². The zero-order chi connectivity index (χ0) is 14.4. The number of aromatic nitrogens is 5. The molecule has 8 nitrogen and oxygen atoms in total. The fourth-order valence-electron chi connectivity index (χ4n) is 1.36. The van der Waals surface area contributed by atoms with E-state index in [4.69, 9.17) is 11.5 Å². The quantitative estimate of drug-likeness (QED) is 0.513. The Morgan fingerprint density at radius 1 is 1.15 bits per heavy atom. The van der Waals surface area contributed by atoms with Gasteiger partial charge >= 0.3 is 0 Å². The number of nitrogens with one attached hydrogen (secondary N) is 1. The average molecular weight is 312 g/mol. The van der Waals surface area contributed by atoms with Gasteiger partial charge < -0.3 is 16.8 Å². The first kappa shape index (κ1) is 14.7. The van der Waals surface area contributed by atoms with Crippen molar-refractivity contribution in [3.63, 3.8) is 0 Å². The lowest BCUT2D eigenvalue weighted by Crippen LogP contribution is -2.05. The molecular weight excluding hydrogens is 296 g/mol. The molecule has 2 heterocycles. The second-order valence-corrected chi connectivity index (χ2v) is 6.11. The Morgan fingerprint density at radius 2 is 1.90 bits per heavy atom.